The van der Waals surface area contributed by atoms with Crippen LogP contribution in [0.15, 0.2) is 24.4 Å². The highest BCUT2D eigenvalue weighted by Gasteiger charge is 2.34. The van der Waals surface area contributed by atoms with E-state index in [1.54, 1.807) is 17.0 Å². The summed E-state index contributed by atoms with van der Waals surface area (Å²) >= 11 is 11.9. The summed E-state index contributed by atoms with van der Waals surface area (Å²) in [5.74, 6) is -0.140. The molecule has 0 atom stereocenters. The van der Waals surface area contributed by atoms with Gasteiger partial charge in [-0.15, -0.1) is 0 Å². The lowest BCUT2D eigenvalue weighted by atomic mass is 10.2. The number of aromatic nitrogens is 2. The van der Waals surface area contributed by atoms with Crippen molar-refractivity contribution in [3.05, 3.63) is 45.7 Å². The minimum absolute atomic E-state index is 0.140. The number of nitrogens with one attached hydrogen (secondary N) is 1. The summed E-state index contributed by atoms with van der Waals surface area (Å²) < 4.78 is 0. The van der Waals surface area contributed by atoms with Crippen LogP contribution < -0.4 is 5.73 Å². The molecule has 0 saturated heterocycles. The first-order chi connectivity index (χ1) is 10.1. The zero-order valence-electron chi connectivity index (χ0n) is 11.1. The van der Waals surface area contributed by atoms with E-state index in [2.05, 4.69) is 10.2 Å². The molecule has 0 unspecified atom stereocenters. The maximum atomic E-state index is 12.6. The number of anilines is 1. The fraction of sp³-hybridized carbons (Fsp3) is 0.286. The SMILES string of the molecule is Nc1cn[nH]c1C(=O)N(Cc1ccc(Cl)c(Cl)c1)C1CC1. The van der Waals surface area contributed by atoms with Crippen LogP contribution in [0, 0.1) is 0 Å². The predicted molar refractivity (Wildman–Crippen MR) is 82.4 cm³/mol. The average molecular weight is 325 g/mol. The Morgan fingerprint density at radius 1 is 1.38 bits per heavy atom. The Kier molecular flexibility index (Phi) is 3.78. The molecule has 5 nitrogen and oxygen atoms in total. The van der Waals surface area contributed by atoms with Crippen LogP contribution in [-0.4, -0.2) is 27.0 Å². The van der Waals surface area contributed by atoms with Crippen molar-refractivity contribution >= 4 is 34.8 Å². The Morgan fingerprint density at radius 3 is 2.71 bits per heavy atom. The molecule has 21 heavy (non-hydrogen) atoms. The molecule has 0 aliphatic heterocycles. The summed E-state index contributed by atoms with van der Waals surface area (Å²) in [4.78, 5) is 14.4. The minimum Gasteiger partial charge on any atom is -0.396 e. The van der Waals surface area contributed by atoms with E-state index in [9.17, 15) is 4.79 Å². The van der Waals surface area contributed by atoms with Crippen molar-refractivity contribution in [2.45, 2.75) is 25.4 Å². The van der Waals surface area contributed by atoms with Gasteiger partial charge in [-0.25, -0.2) is 0 Å². The summed E-state index contributed by atoms with van der Waals surface area (Å²) in [5, 5.41) is 7.45. The lowest BCUT2D eigenvalue weighted by Crippen LogP contribution is -2.33. The van der Waals surface area contributed by atoms with Crippen molar-refractivity contribution in [3.63, 3.8) is 0 Å². The van der Waals surface area contributed by atoms with Crippen molar-refractivity contribution in [3.8, 4) is 0 Å². The van der Waals surface area contributed by atoms with Crippen LogP contribution in [0.5, 0.6) is 0 Å². The standard InChI is InChI=1S/C14H14Cl2N4O/c15-10-4-1-8(5-11(10)16)7-20(9-2-3-9)14(21)13-12(17)6-18-19-13/h1,4-6,9H,2-3,7,17H2,(H,18,19). The van der Waals surface area contributed by atoms with E-state index in [-0.39, 0.29) is 11.9 Å². The van der Waals surface area contributed by atoms with Crippen LogP contribution >= 0.6 is 23.2 Å². The number of H-pyrrole nitrogens is 1. The van der Waals surface area contributed by atoms with Gasteiger partial charge in [0.25, 0.3) is 5.91 Å². The van der Waals surface area contributed by atoms with Gasteiger partial charge in [-0.1, -0.05) is 29.3 Å². The second-order valence-electron chi connectivity index (χ2n) is 5.11. The van der Waals surface area contributed by atoms with E-state index in [4.69, 9.17) is 28.9 Å². The molecule has 3 N–H and O–H groups in total. The smallest absolute Gasteiger partial charge is 0.274 e. The molecule has 7 heteroatoms. The minimum atomic E-state index is -0.140. The number of benzene rings is 1. The Balaban J connectivity index is 1.83. The molecule has 2 aromatic rings. The molecule has 1 aliphatic rings. The Hall–Kier alpha value is -1.72. The monoisotopic (exact) mass is 324 g/mol. The number of carbonyl (C=O) groups is 1. The third-order valence-corrected chi connectivity index (χ3v) is 4.21. The quantitative estimate of drug-likeness (QED) is 0.907. The zero-order valence-corrected chi connectivity index (χ0v) is 12.7. The summed E-state index contributed by atoms with van der Waals surface area (Å²) in [6.45, 7) is 0.471. The van der Waals surface area contributed by atoms with E-state index in [0.29, 0.717) is 28.0 Å². The molecule has 0 spiro atoms. The average Bonchev–Trinajstić information content (AvgIpc) is 3.21. The molecule has 1 heterocycles. The molecule has 1 aromatic carbocycles. The zero-order chi connectivity index (χ0) is 15.0. The number of halogens is 2. The Morgan fingerprint density at radius 2 is 2.14 bits per heavy atom. The number of carbonyl (C=O) groups excluding carboxylic acids is 1. The molecule has 3 rings (SSSR count). The molecule has 0 radical (unpaired) electrons. The first-order valence-corrected chi connectivity index (χ1v) is 7.35. The number of rotatable bonds is 4. The summed E-state index contributed by atoms with van der Waals surface area (Å²) in [6, 6.07) is 5.63. The van der Waals surface area contributed by atoms with Crippen molar-refractivity contribution in [1.82, 2.24) is 15.1 Å². The lowest BCUT2D eigenvalue weighted by molar-refractivity contribution is 0.0725. The molecule has 1 amide bonds. The van der Waals surface area contributed by atoms with Crippen LogP contribution in [0.2, 0.25) is 10.0 Å². The van der Waals surface area contributed by atoms with Gasteiger partial charge < -0.3 is 10.6 Å². The van der Waals surface area contributed by atoms with Gasteiger partial charge in [0.1, 0.15) is 5.69 Å². The first-order valence-electron chi connectivity index (χ1n) is 6.60. The number of nitrogens with zero attached hydrogens (tertiary/aromatic N) is 2. The third kappa shape index (κ3) is 2.99. The first kappa shape index (κ1) is 14.2. The summed E-state index contributed by atoms with van der Waals surface area (Å²) in [6.07, 6.45) is 3.44. The van der Waals surface area contributed by atoms with Crippen molar-refractivity contribution in [1.29, 1.82) is 0 Å². The fourth-order valence-corrected chi connectivity index (χ4v) is 2.52. The third-order valence-electron chi connectivity index (χ3n) is 3.47. The van der Waals surface area contributed by atoms with Gasteiger partial charge in [-0.2, -0.15) is 5.10 Å². The molecular weight excluding hydrogens is 311 g/mol. The highest BCUT2D eigenvalue weighted by Crippen LogP contribution is 2.31. The fourth-order valence-electron chi connectivity index (χ4n) is 2.20. The lowest BCUT2D eigenvalue weighted by Gasteiger charge is -2.22. The Bertz CT molecular complexity index is 681. The van der Waals surface area contributed by atoms with Gasteiger partial charge in [-0.3, -0.25) is 9.89 Å². The summed E-state index contributed by atoms with van der Waals surface area (Å²) in [5.41, 5.74) is 7.39. The number of amides is 1. The maximum absolute atomic E-state index is 12.6. The number of hydrogen-bond donors (Lipinski definition) is 2. The van der Waals surface area contributed by atoms with Gasteiger partial charge in [0.2, 0.25) is 0 Å². The Labute approximate surface area is 132 Å². The van der Waals surface area contributed by atoms with Crippen molar-refractivity contribution < 1.29 is 4.79 Å². The van der Waals surface area contributed by atoms with Gasteiger partial charge in [0, 0.05) is 12.6 Å². The summed E-state index contributed by atoms with van der Waals surface area (Å²) in [7, 11) is 0. The second kappa shape index (κ2) is 5.58. The van der Waals surface area contributed by atoms with Crippen LogP contribution in [0.1, 0.15) is 28.9 Å². The van der Waals surface area contributed by atoms with Gasteiger partial charge in [0.05, 0.1) is 21.9 Å². The van der Waals surface area contributed by atoms with E-state index in [1.807, 2.05) is 6.07 Å². The van der Waals surface area contributed by atoms with E-state index < -0.39 is 0 Å². The van der Waals surface area contributed by atoms with E-state index >= 15 is 0 Å². The predicted octanol–water partition coefficient (Wildman–Crippen LogP) is 3.10. The molecule has 1 aromatic heterocycles. The molecular formula is C14H14Cl2N4O. The largest absolute Gasteiger partial charge is 0.396 e. The molecule has 1 saturated carbocycles. The van der Waals surface area contributed by atoms with Crippen molar-refractivity contribution in [2.24, 2.45) is 0 Å². The van der Waals surface area contributed by atoms with Crippen LogP contribution in [-0.2, 0) is 6.54 Å². The van der Waals surface area contributed by atoms with Gasteiger partial charge in [0.15, 0.2) is 0 Å². The normalized spacial score (nSPS) is 14.2. The molecule has 1 aliphatic carbocycles. The van der Waals surface area contributed by atoms with Gasteiger partial charge >= 0.3 is 0 Å². The maximum Gasteiger partial charge on any atom is 0.274 e. The number of nitrogen functional groups attached to an aromatic ring is 1. The number of nitrogens with two attached hydrogens (primary N) is 1. The number of aromatic amines is 1. The number of hydrogen-bond acceptors (Lipinski definition) is 3. The van der Waals surface area contributed by atoms with Crippen LogP contribution in [0.3, 0.4) is 0 Å². The molecule has 0 bridgehead atoms. The molecule has 1 fully saturated rings. The van der Waals surface area contributed by atoms with Crippen molar-refractivity contribution in [2.75, 3.05) is 5.73 Å². The van der Waals surface area contributed by atoms with Crippen LogP contribution in [0.25, 0.3) is 0 Å². The topological polar surface area (TPSA) is 75.0 Å². The van der Waals surface area contributed by atoms with E-state index in [1.165, 1.54) is 6.20 Å². The highest BCUT2D eigenvalue weighted by atomic mass is 35.5. The van der Waals surface area contributed by atoms with Crippen LogP contribution in [0.4, 0.5) is 5.69 Å². The highest BCUT2D eigenvalue weighted by molar-refractivity contribution is 6.42. The second-order valence-corrected chi connectivity index (χ2v) is 5.93. The van der Waals surface area contributed by atoms with E-state index in [0.717, 1.165) is 18.4 Å². The van der Waals surface area contributed by atoms with Gasteiger partial charge in [-0.05, 0) is 30.5 Å². The molecule has 110 valence electrons.